The maximum atomic E-state index is 10.0. The summed E-state index contributed by atoms with van der Waals surface area (Å²) in [6, 6.07) is -0.827. The van der Waals surface area contributed by atoms with Crippen LogP contribution in [0.5, 0.6) is 0 Å². The van der Waals surface area contributed by atoms with Crippen molar-refractivity contribution in [2.24, 2.45) is 11.5 Å². The van der Waals surface area contributed by atoms with Gasteiger partial charge in [-0.2, -0.15) is 0 Å². The molecular weight excluding hydrogens is 132 g/mol. The van der Waals surface area contributed by atoms with Gasteiger partial charge >= 0.3 is 0 Å². The molecule has 0 aliphatic rings. The minimum absolute atomic E-state index is 0.458. The number of aliphatic carboxylic acids is 1. The Kier molecular flexibility index (Phi) is 4.88. The molecule has 0 heterocycles. The average Bonchev–Trinajstić information content (AvgIpc) is 1.88. The standard InChI is InChI=1S/C6H14N2O2/c7-4-2-1-3-5(8)6(9)10/h5H,1-4,7-8H2,(H,9,10)/p-1/t5-/m1/s1. The van der Waals surface area contributed by atoms with E-state index < -0.39 is 12.0 Å². The Hall–Kier alpha value is -0.610. The van der Waals surface area contributed by atoms with Gasteiger partial charge < -0.3 is 21.4 Å². The second kappa shape index (κ2) is 5.20. The van der Waals surface area contributed by atoms with Crippen LogP contribution < -0.4 is 16.6 Å². The van der Waals surface area contributed by atoms with E-state index >= 15 is 0 Å². The van der Waals surface area contributed by atoms with Crippen LogP contribution in [0.4, 0.5) is 0 Å². The SMILES string of the molecule is NCCCC[C@@H](N)C(=O)[O-]. The van der Waals surface area contributed by atoms with Crippen molar-refractivity contribution in [1.29, 1.82) is 0 Å². The second-order valence-corrected chi connectivity index (χ2v) is 2.21. The normalized spacial score (nSPS) is 13.0. The third-order valence-electron chi connectivity index (χ3n) is 1.27. The molecule has 0 saturated carbocycles. The molecule has 0 aromatic carbocycles. The molecule has 0 amide bonds. The molecule has 4 N–H and O–H groups in total. The van der Waals surface area contributed by atoms with Gasteiger partial charge in [0.15, 0.2) is 0 Å². The van der Waals surface area contributed by atoms with Crippen LogP contribution in [-0.2, 0) is 4.79 Å². The van der Waals surface area contributed by atoms with Gasteiger partial charge in [-0.15, -0.1) is 0 Å². The Bertz CT molecular complexity index is 106. The van der Waals surface area contributed by atoms with Crippen LogP contribution in [0, 0.1) is 0 Å². The number of hydrogen-bond acceptors (Lipinski definition) is 4. The molecule has 0 saturated heterocycles. The Morgan fingerprint density at radius 1 is 1.50 bits per heavy atom. The van der Waals surface area contributed by atoms with E-state index in [9.17, 15) is 9.90 Å². The van der Waals surface area contributed by atoms with Gasteiger partial charge in [0.2, 0.25) is 0 Å². The van der Waals surface area contributed by atoms with Crippen molar-refractivity contribution in [3.63, 3.8) is 0 Å². The Morgan fingerprint density at radius 3 is 2.50 bits per heavy atom. The molecule has 0 unspecified atom stereocenters. The lowest BCUT2D eigenvalue weighted by Crippen LogP contribution is -2.41. The van der Waals surface area contributed by atoms with Gasteiger partial charge in [0.1, 0.15) is 0 Å². The number of carboxylic acids is 1. The highest BCUT2D eigenvalue weighted by Gasteiger charge is 2.00. The van der Waals surface area contributed by atoms with E-state index in [1.165, 1.54) is 0 Å². The average molecular weight is 145 g/mol. The molecule has 0 aliphatic heterocycles. The number of nitrogens with two attached hydrogens (primary N) is 2. The Labute approximate surface area is 60.2 Å². The highest BCUT2D eigenvalue weighted by Crippen LogP contribution is 1.95. The topological polar surface area (TPSA) is 92.2 Å². The molecule has 0 bridgehead atoms. The number of rotatable bonds is 5. The van der Waals surface area contributed by atoms with Crippen molar-refractivity contribution in [2.75, 3.05) is 6.54 Å². The fourth-order valence-corrected chi connectivity index (χ4v) is 0.626. The van der Waals surface area contributed by atoms with Crippen LogP contribution in [0.1, 0.15) is 19.3 Å². The first-order chi connectivity index (χ1) is 4.68. The third-order valence-corrected chi connectivity index (χ3v) is 1.27. The summed E-state index contributed by atoms with van der Waals surface area (Å²) in [5.41, 5.74) is 10.3. The van der Waals surface area contributed by atoms with E-state index in [0.717, 1.165) is 12.8 Å². The van der Waals surface area contributed by atoms with E-state index in [4.69, 9.17) is 11.5 Å². The number of hydrogen-bond donors (Lipinski definition) is 2. The highest BCUT2D eigenvalue weighted by molar-refractivity contribution is 5.70. The molecule has 0 spiro atoms. The van der Waals surface area contributed by atoms with Crippen molar-refractivity contribution < 1.29 is 9.90 Å². The molecule has 0 rings (SSSR count). The molecule has 0 fully saturated rings. The fourth-order valence-electron chi connectivity index (χ4n) is 0.626. The van der Waals surface area contributed by atoms with Gasteiger partial charge in [0, 0.05) is 6.04 Å². The molecule has 1 atom stereocenters. The number of carbonyl (C=O) groups is 1. The van der Waals surface area contributed by atoms with E-state index in [-0.39, 0.29) is 0 Å². The summed E-state index contributed by atoms with van der Waals surface area (Å²) in [6.45, 7) is 0.583. The van der Waals surface area contributed by atoms with Gasteiger partial charge in [-0.3, -0.25) is 0 Å². The maximum Gasteiger partial charge on any atom is 0.0582 e. The Morgan fingerprint density at radius 2 is 2.10 bits per heavy atom. The van der Waals surface area contributed by atoms with Gasteiger partial charge in [0.25, 0.3) is 0 Å². The van der Waals surface area contributed by atoms with Crippen molar-refractivity contribution in [3.05, 3.63) is 0 Å². The van der Waals surface area contributed by atoms with Crippen LogP contribution in [0.25, 0.3) is 0 Å². The number of carboxylic acid groups (broad SMARTS) is 1. The Balaban J connectivity index is 3.21. The van der Waals surface area contributed by atoms with Gasteiger partial charge in [-0.1, -0.05) is 6.42 Å². The van der Waals surface area contributed by atoms with Crippen LogP contribution in [0.15, 0.2) is 0 Å². The van der Waals surface area contributed by atoms with Crippen molar-refractivity contribution >= 4 is 5.97 Å². The van der Waals surface area contributed by atoms with Crippen LogP contribution in [-0.4, -0.2) is 18.6 Å². The monoisotopic (exact) mass is 145 g/mol. The summed E-state index contributed by atoms with van der Waals surface area (Å²) in [7, 11) is 0. The van der Waals surface area contributed by atoms with Crippen LogP contribution in [0.3, 0.4) is 0 Å². The van der Waals surface area contributed by atoms with Gasteiger partial charge in [-0.25, -0.2) is 0 Å². The fraction of sp³-hybridized carbons (Fsp3) is 0.833. The van der Waals surface area contributed by atoms with Crippen molar-refractivity contribution in [1.82, 2.24) is 0 Å². The zero-order valence-electron chi connectivity index (χ0n) is 5.88. The largest absolute Gasteiger partial charge is 0.548 e. The molecule has 4 nitrogen and oxygen atoms in total. The van der Waals surface area contributed by atoms with E-state index in [1.807, 2.05) is 0 Å². The zero-order chi connectivity index (χ0) is 7.98. The first-order valence-electron chi connectivity index (χ1n) is 3.35. The molecule has 0 aromatic rings. The summed E-state index contributed by atoms with van der Waals surface area (Å²) >= 11 is 0. The smallest absolute Gasteiger partial charge is 0.0582 e. The summed E-state index contributed by atoms with van der Waals surface area (Å²) in [5.74, 6) is -1.18. The zero-order valence-corrected chi connectivity index (χ0v) is 5.88. The van der Waals surface area contributed by atoms with Crippen LogP contribution >= 0.6 is 0 Å². The number of unbranched alkanes of at least 4 members (excludes halogenated alkanes) is 1. The summed E-state index contributed by atoms with van der Waals surface area (Å²) in [5, 5.41) is 10.0. The minimum Gasteiger partial charge on any atom is -0.548 e. The third kappa shape index (κ3) is 4.29. The summed E-state index contributed by atoms with van der Waals surface area (Å²) < 4.78 is 0. The lowest BCUT2D eigenvalue weighted by Gasteiger charge is -2.10. The second-order valence-electron chi connectivity index (χ2n) is 2.21. The lowest BCUT2D eigenvalue weighted by atomic mass is 10.1. The van der Waals surface area contributed by atoms with E-state index in [2.05, 4.69) is 0 Å². The molecule has 0 radical (unpaired) electrons. The molecule has 60 valence electrons. The quantitative estimate of drug-likeness (QED) is 0.446. The summed E-state index contributed by atoms with van der Waals surface area (Å²) in [6.07, 6.45) is 2.03. The van der Waals surface area contributed by atoms with Crippen molar-refractivity contribution in [3.8, 4) is 0 Å². The van der Waals surface area contributed by atoms with Gasteiger partial charge in [-0.05, 0) is 19.4 Å². The van der Waals surface area contributed by atoms with Gasteiger partial charge in [0.05, 0.1) is 5.97 Å². The molecule has 4 heteroatoms. The van der Waals surface area contributed by atoms with E-state index in [0.29, 0.717) is 13.0 Å². The predicted molar refractivity (Wildman–Crippen MR) is 35.9 cm³/mol. The lowest BCUT2D eigenvalue weighted by molar-refractivity contribution is -0.307. The van der Waals surface area contributed by atoms with Crippen molar-refractivity contribution in [2.45, 2.75) is 25.3 Å². The van der Waals surface area contributed by atoms with Crippen LogP contribution in [0.2, 0.25) is 0 Å². The molecule has 10 heavy (non-hydrogen) atoms. The minimum atomic E-state index is -1.18. The molecule has 0 aliphatic carbocycles. The first-order valence-corrected chi connectivity index (χ1v) is 3.35. The summed E-state index contributed by atoms with van der Waals surface area (Å²) in [4.78, 5) is 10.0. The highest BCUT2D eigenvalue weighted by atomic mass is 16.4. The molecular formula is C6H13N2O2-. The number of carbonyl (C=O) groups excluding carboxylic acids is 1. The van der Waals surface area contributed by atoms with E-state index in [1.54, 1.807) is 0 Å². The molecule has 0 aromatic heterocycles. The predicted octanol–water partition coefficient (Wildman–Crippen LogP) is -1.81. The first kappa shape index (κ1) is 9.39. The maximum absolute atomic E-state index is 10.0.